The van der Waals surface area contributed by atoms with Crippen LogP contribution >= 0.6 is 0 Å². The number of fused-ring (bicyclic) bond motifs is 2. The van der Waals surface area contributed by atoms with Gasteiger partial charge in [0.15, 0.2) is 0 Å². The van der Waals surface area contributed by atoms with Gasteiger partial charge in [-0.25, -0.2) is 0 Å². The van der Waals surface area contributed by atoms with Crippen molar-refractivity contribution in [2.75, 3.05) is 26.2 Å². The van der Waals surface area contributed by atoms with Gasteiger partial charge in [-0.2, -0.15) is 0 Å². The molecule has 2 saturated heterocycles. The largest absolute Gasteiger partial charge is 0.341 e. The minimum atomic E-state index is 0.390. The zero-order valence-electron chi connectivity index (χ0n) is 11.2. The van der Waals surface area contributed by atoms with Gasteiger partial charge in [-0.3, -0.25) is 9.69 Å². The number of hydrogen-bond acceptors (Lipinski definition) is 2. The molecule has 4 rings (SSSR count). The number of carbonyl (C=O) groups excluding carboxylic acids is 1. The van der Waals surface area contributed by atoms with E-state index in [1.165, 1.54) is 51.6 Å². The summed E-state index contributed by atoms with van der Waals surface area (Å²) >= 11 is 0. The second kappa shape index (κ2) is 4.22. The molecule has 3 nitrogen and oxygen atoms in total. The van der Waals surface area contributed by atoms with Crippen LogP contribution in [0.5, 0.6) is 0 Å². The monoisotopic (exact) mass is 248 g/mol. The van der Waals surface area contributed by atoms with Gasteiger partial charge in [0.2, 0.25) is 5.91 Å². The Morgan fingerprint density at radius 2 is 1.72 bits per heavy atom. The third kappa shape index (κ3) is 1.87. The van der Waals surface area contributed by atoms with Crippen molar-refractivity contribution in [2.24, 2.45) is 17.8 Å². The van der Waals surface area contributed by atoms with Crippen molar-refractivity contribution in [3.8, 4) is 0 Å². The van der Waals surface area contributed by atoms with Gasteiger partial charge in [0.05, 0.1) is 0 Å². The van der Waals surface area contributed by atoms with Crippen LogP contribution in [-0.2, 0) is 4.79 Å². The molecule has 1 amide bonds. The highest BCUT2D eigenvalue weighted by Gasteiger charge is 2.49. The molecular formula is C15H24N2O. The molecule has 3 heteroatoms. The molecule has 2 aliphatic heterocycles. The smallest absolute Gasteiger partial charge is 0.225 e. The van der Waals surface area contributed by atoms with Crippen molar-refractivity contribution in [1.29, 1.82) is 0 Å². The van der Waals surface area contributed by atoms with Crippen LogP contribution in [0.4, 0.5) is 0 Å². The van der Waals surface area contributed by atoms with E-state index in [1.54, 1.807) is 0 Å². The Morgan fingerprint density at radius 3 is 2.56 bits per heavy atom. The predicted octanol–water partition coefficient (Wildman–Crippen LogP) is 1.73. The average Bonchev–Trinajstić information content (AvgIpc) is 2.84. The molecule has 0 spiro atoms. The van der Waals surface area contributed by atoms with Crippen molar-refractivity contribution in [1.82, 2.24) is 9.80 Å². The summed E-state index contributed by atoms with van der Waals surface area (Å²) in [6.07, 6.45) is 7.64. The van der Waals surface area contributed by atoms with Gasteiger partial charge in [-0.05, 0) is 56.9 Å². The summed E-state index contributed by atoms with van der Waals surface area (Å²) in [5.41, 5.74) is 0. The Bertz CT molecular complexity index is 346. The Balaban J connectivity index is 1.42. The van der Waals surface area contributed by atoms with E-state index >= 15 is 0 Å². The minimum Gasteiger partial charge on any atom is -0.341 e. The van der Waals surface area contributed by atoms with Gasteiger partial charge in [-0.15, -0.1) is 0 Å². The highest BCUT2D eigenvalue weighted by molar-refractivity contribution is 5.79. The fourth-order valence-electron chi connectivity index (χ4n) is 4.58. The highest BCUT2D eigenvalue weighted by Crippen LogP contribution is 2.54. The SMILES string of the molecule is O=C(C1CC2CC2C1)N1CCCN2CCCC2C1. The van der Waals surface area contributed by atoms with E-state index in [2.05, 4.69) is 9.80 Å². The van der Waals surface area contributed by atoms with Gasteiger partial charge in [-0.1, -0.05) is 0 Å². The second-order valence-corrected chi connectivity index (χ2v) is 6.89. The molecule has 3 atom stereocenters. The first-order valence-electron chi connectivity index (χ1n) is 7.84. The van der Waals surface area contributed by atoms with E-state index in [0.717, 1.165) is 24.9 Å². The summed E-state index contributed by atoms with van der Waals surface area (Å²) in [7, 11) is 0. The summed E-state index contributed by atoms with van der Waals surface area (Å²) in [6, 6.07) is 0.674. The van der Waals surface area contributed by atoms with Gasteiger partial charge in [0.25, 0.3) is 0 Å². The molecule has 4 aliphatic rings. The van der Waals surface area contributed by atoms with E-state index in [0.29, 0.717) is 17.9 Å². The standard InChI is InChI=1S/C15H24N2O/c18-15(13-8-11-7-12(11)9-13)17-6-2-5-16-4-1-3-14(16)10-17/h11-14H,1-10H2. The zero-order valence-corrected chi connectivity index (χ0v) is 11.2. The van der Waals surface area contributed by atoms with Crippen LogP contribution in [0.25, 0.3) is 0 Å². The molecule has 2 heterocycles. The van der Waals surface area contributed by atoms with Crippen LogP contribution in [0.15, 0.2) is 0 Å². The third-order valence-corrected chi connectivity index (χ3v) is 5.71. The summed E-state index contributed by atoms with van der Waals surface area (Å²) in [6.45, 7) is 4.51. The zero-order chi connectivity index (χ0) is 12.1. The van der Waals surface area contributed by atoms with Crippen molar-refractivity contribution in [3.05, 3.63) is 0 Å². The number of hydrogen-bond donors (Lipinski definition) is 0. The molecule has 100 valence electrons. The van der Waals surface area contributed by atoms with E-state index in [9.17, 15) is 4.79 Å². The molecule has 0 bridgehead atoms. The predicted molar refractivity (Wildman–Crippen MR) is 70.1 cm³/mol. The van der Waals surface area contributed by atoms with Gasteiger partial charge in [0, 0.05) is 31.6 Å². The minimum absolute atomic E-state index is 0.390. The second-order valence-electron chi connectivity index (χ2n) is 6.89. The number of nitrogens with zero attached hydrogens (tertiary/aromatic N) is 2. The molecule has 2 aliphatic carbocycles. The summed E-state index contributed by atoms with van der Waals surface area (Å²) in [5.74, 6) is 2.74. The molecule has 3 unspecified atom stereocenters. The average molecular weight is 248 g/mol. The molecule has 4 fully saturated rings. The Kier molecular flexibility index (Phi) is 2.65. The normalized spacial score (nSPS) is 43.4. The van der Waals surface area contributed by atoms with Crippen molar-refractivity contribution in [3.63, 3.8) is 0 Å². The first-order valence-corrected chi connectivity index (χ1v) is 7.84. The maximum atomic E-state index is 12.6. The lowest BCUT2D eigenvalue weighted by Crippen LogP contribution is -2.42. The Hall–Kier alpha value is -0.570. The van der Waals surface area contributed by atoms with Crippen LogP contribution in [0.1, 0.15) is 38.5 Å². The van der Waals surface area contributed by atoms with Gasteiger partial charge >= 0.3 is 0 Å². The lowest BCUT2D eigenvalue weighted by Gasteiger charge is -2.28. The molecule has 0 aromatic heterocycles. The summed E-state index contributed by atoms with van der Waals surface area (Å²) in [4.78, 5) is 17.4. The lowest BCUT2D eigenvalue weighted by molar-refractivity contribution is -0.135. The summed E-state index contributed by atoms with van der Waals surface area (Å²) in [5, 5.41) is 0. The van der Waals surface area contributed by atoms with Crippen molar-refractivity contribution < 1.29 is 4.79 Å². The quantitative estimate of drug-likeness (QED) is 0.705. The van der Waals surface area contributed by atoms with Crippen LogP contribution in [-0.4, -0.2) is 47.9 Å². The highest BCUT2D eigenvalue weighted by atomic mass is 16.2. The molecule has 2 saturated carbocycles. The van der Waals surface area contributed by atoms with E-state index < -0.39 is 0 Å². The fraction of sp³-hybridized carbons (Fsp3) is 0.933. The van der Waals surface area contributed by atoms with Crippen LogP contribution in [0.3, 0.4) is 0 Å². The van der Waals surface area contributed by atoms with E-state index in [-0.39, 0.29) is 0 Å². The molecule has 0 aromatic carbocycles. The number of carbonyl (C=O) groups is 1. The first-order chi connectivity index (χ1) is 8.81. The molecule has 18 heavy (non-hydrogen) atoms. The Labute approximate surface area is 110 Å². The molecular weight excluding hydrogens is 224 g/mol. The van der Waals surface area contributed by atoms with Gasteiger partial charge < -0.3 is 4.90 Å². The number of rotatable bonds is 1. The molecule has 0 N–H and O–H groups in total. The van der Waals surface area contributed by atoms with Crippen LogP contribution < -0.4 is 0 Å². The van der Waals surface area contributed by atoms with Crippen LogP contribution in [0.2, 0.25) is 0 Å². The first kappa shape index (κ1) is 11.3. The molecule has 0 aromatic rings. The topological polar surface area (TPSA) is 23.6 Å². The third-order valence-electron chi connectivity index (χ3n) is 5.71. The number of amides is 1. The lowest BCUT2D eigenvalue weighted by atomic mass is 10.0. The fourth-order valence-corrected chi connectivity index (χ4v) is 4.58. The maximum Gasteiger partial charge on any atom is 0.225 e. The van der Waals surface area contributed by atoms with E-state index in [4.69, 9.17) is 0 Å². The van der Waals surface area contributed by atoms with E-state index in [1.807, 2.05) is 0 Å². The van der Waals surface area contributed by atoms with Gasteiger partial charge in [0.1, 0.15) is 0 Å². The van der Waals surface area contributed by atoms with Crippen LogP contribution in [0, 0.1) is 17.8 Å². The van der Waals surface area contributed by atoms with Crippen molar-refractivity contribution in [2.45, 2.75) is 44.6 Å². The Morgan fingerprint density at radius 1 is 0.944 bits per heavy atom. The summed E-state index contributed by atoms with van der Waals surface area (Å²) < 4.78 is 0. The maximum absolute atomic E-state index is 12.6. The van der Waals surface area contributed by atoms with Crippen molar-refractivity contribution >= 4 is 5.91 Å². The molecule has 0 radical (unpaired) electrons.